The van der Waals surface area contributed by atoms with Gasteiger partial charge in [0.25, 0.3) is 0 Å². The van der Waals surface area contributed by atoms with Gasteiger partial charge in [-0.2, -0.15) is 0 Å². The van der Waals surface area contributed by atoms with Gasteiger partial charge < -0.3 is 15.0 Å². The summed E-state index contributed by atoms with van der Waals surface area (Å²) in [4.78, 5) is 20.5. The first-order valence-electron chi connectivity index (χ1n) is 10.1. The number of anilines is 1. The first-order valence-corrected chi connectivity index (χ1v) is 10.1. The number of H-pyrrole nitrogens is 1. The summed E-state index contributed by atoms with van der Waals surface area (Å²) in [7, 11) is 1.63. The van der Waals surface area contributed by atoms with E-state index in [1.165, 1.54) is 5.56 Å². The zero-order valence-corrected chi connectivity index (χ0v) is 17.2. The Bertz CT molecular complexity index is 1160. The zero-order chi connectivity index (χ0) is 20.9. The number of ether oxygens (including phenoxy) is 1. The highest BCUT2D eigenvalue weighted by atomic mass is 16.5. The van der Waals surface area contributed by atoms with Gasteiger partial charge in [-0.25, -0.2) is 4.98 Å². The lowest BCUT2D eigenvalue weighted by Gasteiger charge is -2.08. The molecule has 5 heteroatoms. The van der Waals surface area contributed by atoms with Gasteiger partial charge in [-0.15, -0.1) is 0 Å². The van der Waals surface area contributed by atoms with Gasteiger partial charge in [-0.05, 0) is 66.4 Å². The van der Waals surface area contributed by atoms with E-state index in [4.69, 9.17) is 4.74 Å². The molecule has 5 nitrogen and oxygen atoms in total. The summed E-state index contributed by atoms with van der Waals surface area (Å²) in [5.41, 5.74) is 6.21. The van der Waals surface area contributed by atoms with Gasteiger partial charge in [0, 0.05) is 12.1 Å². The quantitative estimate of drug-likeness (QED) is 0.467. The maximum atomic E-state index is 12.4. The van der Waals surface area contributed by atoms with Gasteiger partial charge in [0.1, 0.15) is 11.6 Å². The van der Waals surface area contributed by atoms with Crippen molar-refractivity contribution in [3.05, 3.63) is 89.2 Å². The normalized spacial score (nSPS) is 10.9. The van der Waals surface area contributed by atoms with Gasteiger partial charge in [-0.3, -0.25) is 4.79 Å². The standard InChI is InChI=1S/C25H25N3O2/c1-17-6-12-22-23(14-17)28-24(27-22)13-9-18-4-3-5-20(15-18)26-25(29)16-19-7-10-21(30-2)11-8-19/h3-8,10-12,14-15H,9,13,16H2,1-2H3,(H,26,29)(H,27,28). The fourth-order valence-corrected chi connectivity index (χ4v) is 3.50. The number of rotatable bonds is 7. The van der Waals surface area contributed by atoms with Crippen LogP contribution in [0.15, 0.2) is 66.7 Å². The largest absolute Gasteiger partial charge is 0.497 e. The van der Waals surface area contributed by atoms with Crippen LogP contribution in [0, 0.1) is 6.92 Å². The number of fused-ring (bicyclic) bond motifs is 1. The molecule has 0 bridgehead atoms. The molecule has 0 radical (unpaired) electrons. The number of aromatic amines is 1. The predicted octanol–water partition coefficient (Wildman–Crippen LogP) is 4.85. The number of hydrogen-bond acceptors (Lipinski definition) is 3. The molecule has 1 aromatic heterocycles. The fraction of sp³-hybridized carbons (Fsp3) is 0.200. The molecule has 1 amide bonds. The van der Waals surface area contributed by atoms with E-state index in [1.807, 2.05) is 48.5 Å². The number of benzene rings is 3. The molecule has 3 aromatic carbocycles. The third-order valence-electron chi connectivity index (χ3n) is 5.07. The lowest BCUT2D eigenvalue weighted by Crippen LogP contribution is -2.14. The molecule has 0 saturated heterocycles. The van der Waals surface area contributed by atoms with Gasteiger partial charge in [0.15, 0.2) is 0 Å². The van der Waals surface area contributed by atoms with Crippen LogP contribution in [0.25, 0.3) is 11.0 Å². The van der Waals surface area contributed by atoms with Crippen LogP contribution in [0.5, 0.6) is 5.75 Å². The Balaban J connectivity index is 1.36. The van der Waals surface area contributed by atoms with Crippen molar-refractivity contribution in [1.82, 2.24) is 9.97 Å². The molecule has 30 heavy (non-hydrogen) atoms. The summed E-state index contributed by atoms with van der Waals surface area (Å²) in [6.45, 7) is 2.08. The zero-order valence-electron chi connectivity index (χ0n) is 17.2. The molecule has 0 saturated carbocycles. The maximum absolute atomic E-state index is 12.4. The van der Waals surface area contributed by atoms with E-state index in [9.17, 15) is 4.79 Å². The van der Waals surface area contributed by atoms with E-state index in [1.54, 1.807) is 7.11 Å². The fourth-order valence-electron chi connectivity index (χ4n) is 3.50. The minimum atomic E-state index is -0.0371. The van der Waals surface area contributed by atoms with Crippen molar-refractivity contribution in [3.8, 4) is 5.75 Å². The van der Waals surface area contributed by atoms with E-state index >= 15 is 0 Å². The Labute approximate surface area is 176 Å². The molecule has 0 aliphatic rings. The van der Waals surface area contributed by atoms with Gasteiger partial charge in [0.2, 0.25) is 5.91 Å². The SMILES string of the molecule is COc1ccc(CC(=O)Nc2cccc(CCc3nc4ccc(C)cc4[nH]3)c2)cc1. The lowest BCUT2D eigenvalue weighted by molar-refractivity contribution is -0.115. The number of methoxy groups -OCH3 is 1. The highest BCUT2D eigenvalue weighted by Gasteiger charge is 2.07. The van der Waals surface area contributed by atoms with Crippen molar-refractivity contribution < 1.29 is 9.53 Å². The van der Waals surface area contributed by atoms with Crippen LogP contribution < -0.4 is 10.1 Å². The number of nitrogens with one attached hydrogen (secondary N) is 2. The second-order valence-corrected chi connectivity index (χ2v) is 7.48. The predicted molar refractivity (Wildman–Crippen MR) is 120 cm³/mol. The molecule has 1 heterocycles. The number of amides is 1. The summed E-state index contributed by atoms with van der Waals surface area (Å²) in [5.74, 6) is 1.72. The van der Waals surface area contributed by atoms with Crippen LogP contribution in [-0.4, -0.2) is 23.0 Å². The molecule has 152 valence electrons. The Morgan fingerprint density at radius 2 is 1.83 bits per heavy atom. The number of imidazole rings is 1. The van der Waals surface area contributed by atoms with Gasteiger partial charge in [0.05, 0.1) is 24.6 Å². The average molecular weight is 399 g/mol. The second kappa shape index (κ2) is 8.82. The minimum absolute atomic E-state index is 0.0371. The number of aromatic nitrogens is 2. The van der Waals surface area contributed by atoms with E-state index in [-0.39, 0.29) is 5.91 Å². The molecule has 0 spiro atoms. The third-order valence-corrected chi connectivity index (χ3v) is 5.07. The van der Waals surface area contributed by atoms with E-state index in [0.717, 1.165) is 52.3 Å². The van der Waals surface area contributed by atoms with Crippen LogP contribution >= 0.6 is 0 Å². The second-order valence-electron chi connectivity index (χ2n) is 7.48. The van der Waals surface area contributed by atoms with Crippen LogP contribution in [0.3, 0.4) is 0 Å². The van der Waals surface area contributed by atoms with Crippen molar-refractivity contribution >= 4 is 22.6 Å². The van der Waals surface area contributed by atoms with Crippen LogP contribution in [0.2, 0.25) is 0 Å². The minimum Gasteiger partial charge on any atom is -0.497 e. The number of nitrogens with zero attached hydrogens (tertiary/aromatic N) is 1. The third kappa shape index (κ3) is 4.87. The average Bonchev–Trinajstić information content (AvgIpc) is 3.15. The van der Waals surface area contributed by atoms with E-state index < -0.39 is 0 Å². The molecule has 0 aliphatic carbocycles. The number of aryl methyl sites for hydroxylation is 3. The first-order chi connectivity index (χ1) is 14.6. The topological polar surface area (TPSA) is 67.0 Å². The van der Waals surface area contributed by atoms with Crippen molar-refractivity contribution in [2.45, 2.75) is 26.2 Å². The monoisotopic (exact) mass is 399 g/mol. The van der Waals surface area contributed by atoms with Gasteiger partial charge >= 0.3 is 0 Å². The summed E-state index contributed by atoms with van der Waals surface area (Å²) in [6, 6.07) is 21.8. The molecule has 4 aromatic rings. The van der Waals surface area contributed by atoms with Crippen molar-refractivity contribution in [1.29, 1.82) is 0 Å². The Morgan fingerprint density at radius 1 is 1.00 bits per heavy atom. The van der Waals surface area contributed by atoms with Gasteiger partial charge in [-0.1, -0.05) is 30.3 Å². The summed E-state index contributed by atoms with van der Waals surface area (Å²) in [5, 5.41) is 2.99. The van der Waals surface area contributed by atoms with Crippen LogP contribution in [-0.2, 0) is 24.1 Å². The number of carbonyl (C=O) groups is 1. The number of hydrogen-bond donors (Lipinski definition) is 2. The highest BCUT2D eigenvalue weighted by Crippen LogP contribution is 2.17. The number of carbonyl (C=O) groups excluding carboxylic acids is 1. The molecule has 2 N–H and O–H groups in total. The molecule has 0 unspecified atom stereocenters. The molecular formula is C25H25N3O2. The maximum Gasteiger partial charge on any atom is 0.228 e. The molecule has 0 aliphatic heterocycles. The molecule has 0 fully saturated rings. The Hall–Kier alpha value is -3.60. The lowest BCUT2D eigenvalue weighted by atomic mass is 10.1. The molecular weight excluding hydrogens is 374 g/mol. The van der Waals surface area contributed by atoms with E-state index in [2.05, 4.69) is 40.4 Å². The van der Waals surface area contributed by atoms with Crippen molar-refractivity contribution in [2.75, 3.05) is 12.4 Å². The first kappa shape index (κ1) is 19.7. The molecule has 0 atom stereocenters. The van der Waals surface area contributed by atoms with Crippen LogP contribution in [0.1, 0.15) is 22.5 Å². The summed E-state index contributed by atoms with van der Waals surface area (Å²) in [6.07, 6.45) is 1.99. The van der Waals surface area contributed by atoms with Crippen molar-refractivity contribution in [2.24, 2.45) is 0 Å². The van der Waals surface area contributed by atoms with E-state index in [0.29, 0.717) is 6.42 Å². The van der Waals surface area contributed by atoms with Crippen molar-refractivity contribution in [3.63, 3.8) is 0 Å². The smallest absolute Gasteiger partial charge is 0.228 e. The highest BCUT2D eigenvalue weighted by molar-refractivity contribution is 5.92. The summed E-state index contributed by atoms with van der Waals surface area (Å²) < 4.78 is 5.15. The summed E-state index contributed by atoms with van der Waals surface area (Å²) >= 11 is 0. The molecule has 4 rings (SSSR count). The van der Waals surface area contributed by atoms with Crippen LogP contribution in [0.4, 0.5) is 5.69 Å². The Kier molecular flexibility index (Phi) is 5.80. The Morgan fingerprint density at radius 3 is 2.63 bits per heavy atom.